The van der Waals surface area contributed by atoms with E-state index in [1.165, 1.54) is 49.9 Å². The van der Waals surface area contributed by atoms with Gasteiger partial charge in [-0.05, 0) is 68.5 Å². The fourth-order valence-electron chi connectivity index (χ4n) is 3.15. The number of rotatable bonds is 5. The van der Waals surface area contributed by atoms with E-state index in [1.807, 2.05) is 12.1 Å². The molecule has 0 radical (unpaired) electrons. The lowest BCUT2D eigenvalue weighted by atomic mass is 9.86. The molecule has 2 nitrogen and oxygen atoms in total. The van der Waals surface area contributed by atoms with Gasteiger partial charge in [0.1, 0.15) is 5.75 Å². The number of nitrogens with zero attached hydrogens (tertiary/aromatic N) is 1. The lowest BCUT2D eigenvalue weighted by Crippen LogP contribution is -2.32. The van der Waals surface area contributed by atoms with Crippen molar-refractivity contribution >= 4 is 0 Å². The second-order valence-electron chi connectivity index (χ2n) is 5.33. The number of aryl methyl sites for hydroxylation is 1. The first-order valence-electron chi connectivity index (χ1n) is 7.32. The Morgan fingerprint density at radius 1 is 1.22 bits per heavy atom. The molecule has 1 aromatic carbocycles. The molecule has 1 aliphatic rings. The maximum Gasteiger partial charge on any atom is 0.115 e. The third kappa shape index (κ3) is 2.86. The number of hydrogen-bond donors (Lipinski definition) is 1. The van der Waals surface area contributed by atoms with Crippen LogP contribution in [0, 0.1) is 0 Å². The van der Waals surface area contributed by atoms with Gasteiger partial charge in [-0.3, -0.25) is 4.90 Å². The average Bonchev–Trinajstić information content (AvgIpc) is 2.37. The summed E-state index contributed by atoms with van der Waals surface area (Å²) < 4.78 is 0. The van der Waals surface area contributed by atoms with E-state index in [2.05, 4.69) is 24.8 Å². The monoisotopic (exact) mass is 247 g/mol. The van der Waals surface area contributed by atoms with Gasteiger partial charge in [0, 0.05) is 6.04 Å². The van der Waals surface area contributed by atoms with Crippen LogP contribution in [0.3, 0.4) is 0 Å². The molecule has 0 saturated heterocycles. The number of phenols is 1. The minimum atomic E-state index is 0.409. The van der Waals surface area contributed by atoms with Crippen LogP contribution < -0.4 is 0 Å². The predicted octanol–water partition coefficient (Wildman–Crippen LogP) is 3.89. The first-order chi connectivity index (χ1) is 8.76. The van der Waals surface area contributed by atoms with Gasteiger partial charge in [-0.1, -0.05) is 19.9 Å². The second-order valence-corrected chi connectivity index (χ2v) is 5.33. The number of benzene rings is 1. The van der Waals surface area contributed by atoms with Gasteiger partial charge in [0.15, 0.2) is 0 Å². The van der Waals surface area contributed by atoms with E-state index in [9.17, 15) is 5.11 Å². The molecule has 0 amide bonds. The highest BCUT2D eigenvalue weighted by Gasteiger charge is 2.25. The SMILES string of the molecule is CCCN(CCC)C1CCCc2cc(O)ccc21. The molecule has 1 atom stereocenters. The molecule has 0 heterocycles. The van der Waals surface area contributed by atoms with Crippen molar-refractivity contribution in [1.82, 2.24) is 4.90 Å². The minimum absolute atomic E-state index is 0.409. The summed E-state index contributed by atoms with van der Waals surface area (Å²) in [4.78, 5) is 2.62. The van der Waals surface area contributed by atoms with Crippen molar-refractivity contribution in [3.05, 3.63) is 29.3 Å². The molecule has 0 aliphatic heterocycles. The lowest BCUT2D eigenvalue weighted by Gasteiger charge is -2.35. The topological polar surface area (TPSA) is 23.5 Å². The van der Waals surface area contributed by atoms with Gasteiger partial charge in [-0.15, -0.1) is 0 Å². The van der Waals surface area contributed by atoms with Gasteiger partial charge in [-0.2, -0.15) is 0 Å². The summed E-state index contributed by atoms with van der Waals surface area (Å²) in [5.41, 5.74) is 2.80. The van der Waals surface area contributed by atoms with Crippen LogP contribution in [0.4, 0.5) is 0 Å². The molecule has 0 bridgehead atoms. The van der Waals surface area contributed by atoms with Crippen LogP contribution >= 0.6 is 0 Å². The maximum atomic E-state index is 9.61. The number of fused-ring (bicyclic) bond motifs is 1. The zero-order chi connectivity index (χ0) is 13.0. The third-order valence-corrected chi connectivity index (χ3v) is 3.87. The van der Waals surface area contributed by atoms with Gasteiger partial charge < -0.3 is 5.11 Å². The molecular formula is C16H25NO. The van der Waals surface area contributed by atoms with Crippen LogP contribution in [-0.4, -0.2) is 23.1 Å². The van der Waals surface area contributed by atoms with Crippen molar-refractivity contribution in [2.45, 2.75) is 52.0 Å². The molecule has 1 unspecified atom stereocenters. The summed E-state index contributed by atoms with van der Waals surface area (Å²) in [6.45, 7) is 6.87. The molecule has 0 aromatic heterocycles. The Morgan fingerprint density at radius 2 is 1.94 bits per heavy atom. The lowest BCUT2D eigenvalue weighted by molar-refractivity contribution is 0.179. The molecule has 1 aliphatic carbocycles. The normalized spacial score (nSPS) is 18.9. The van der Waals surface area contributed by atoms with Crippen molar-refractivity contribution in [1.29, 1.82) is 0 Å². The summed E-state index contributed by atoms with van der Waals surface area (Å²) in [6, 6.07) is 6.49. The molecule has 0 fully saturated rings. The molecule has 2 heteroatoms. The fraction of sp³-hybridized carbons (Fsp3) is 0.625. The number of hydrogen-bond acceptors (Lipinski definition) is 2. The molecular weight excluding hydrogens is 222 g/mol. The highest BCUT2D eigenvalue weighted by atomic mass is 16.3. The van der Waals surface area contributed by atoms with Crippen LogP contribution in [0.25, 0.3) is 0 Å². The van der Waals surface area contributed by atoms with Crippen molar-refractivity contribution in [3.8, 4) is 5.75 Å². The molecule has 0 saturated carbocycles. The summed E-state index contributed by atoms with van der Waals surface area (Å²) in [5, 5.41) is 9.61. The quantitative estimate of drug-likeness (QED) is 0.853. The van der Waals surface area contributed by atoms with E-state index >= 15 is 0 Å². The Kier molecular flexibility index (Phi) is 4.65. The van der Waals surface area contributed by atoms with Gasteiger partial charge in [0.25, 0.3) is 0 Å². The smallest absolute Gasteiger partial charge is 0.115 e. The van der Waals surface area contributed by atoms with Crippen LogP contribution in [0.1, 0.15) is 56.7 Å². The first-order valence-corrected chi connectivity index (χ1v) is 7.32. The molecule has 1 N–H and O–H groups in total. The Morgan fingerprint density at radius 3 is 2.61 bits per heavy atom. The second kappa shape index (κ2) is 6.24. The van der Waals surface area contributed by atoms with Gasteiger partial charge in [0.2, 0.25) is 0 Å². The zero-order valence-corrected chi connectivity index (χ0v) is 11.7. The number of aromatic hydroxyl groups is 1. The highest BCUT2D eigenvalue weighted by molar-refractivity contribution is 5.38. The Balaban J connectivity index is 2.24. The van der Waals surface area contributed by atoms with E-state index in [0.29, 0.717) is 11.8 Å². The van der Waals surface area contributed by atoms with Crippen molar-refractivity contribution in [2.24, 2.45) is 0 Å². The van der Waals surface area contributed by atoms with E-state index in [-0.39, 0.29) is 0 Å². The van der Waals surface area contributed by atoms with Crippen LogP contribution in [0.15, 0.2) is 18.2 Å². The molecule has 18 heavy (non-hydrogen) atoms. The minimum Gasteiger partial charge on any atom is -0.508 e. The van der Waals surface area contributed by atoms with Gasteiger partial charge >= 0.3 is 0 Å². The third-order valence-electron chi connectivity index (χ3n) is 3.87. The van der Waals surface area contributed by atoms with Crippen LogP contribution in [-0.2, 0) is 6.42 Å². The van der Waals surface area contributed by atoms with E-state index in [4.69, 9.17) is 0 Å². The number of phenolic OH excluding ortho intramolecular Hbond substituents is 1. The predicted molar refractivity (Wildman–Crippen MR) is 75.9 cm³/mol. The van der Waals surface area contributed by atoms with Gasteiger partial charge in [-0.25, -0.2) is 0 Å². The Labute approximate surface area is 111 Å². The largest absolute Gasteiger partial charge is 0.508 e. The molecule has 100 valence electrons. The summed E-state index contributed by atoms with van der Waals surface area (Å²) in [6.07, 6.45) is 6.04. The molecule has 2 rings (SSSR count). The maximum absolute atomic E-state index is 9.61. The Hall–Kier alpha value is -1.02. The zero-order valence-electron chi connectivity index (χ0n) is 11.7. The fourth-order valence-corrected chi connectivity index (χ4v) is 3.15. The summed E-state index contributed by atoms with van der Waals surface area (Å²) in [7, 11) is 0. The van der Waals surface area contributed by atoms with Crippen molar-refractivity contribution in [2.75, 3.05) is 13.1 Å². The van der Waals surface area contributed by atoms with Crippen LogP contribution in [0.5, 0.6) is 5.75 Å². The molecule has 1 aromatic rings. The highest BCUT2D eigenvalue weighted by Crippen LogP contribution is 2.35. The standard InChI is InChI=1S/C16H25NO/c1-3-10-17(11-4-2)16-7-5-6-13-12-14(18)8-9-15(13)16/h8-9,12,16,18H,3-7,10-11H2,1-2H3. The van der Waals surface area contributed by atoms with Crippen molar-refractivity contribution in [3.63, 3.8) is 0 Å². The summed E-state index contributed by atoms with van der Waals surface area (Å²) in [5.74, 6) is 0.409. The summed E-state index contributed by atoms with van der Waals surface area (Å²) >= 11 is 0. The van der Waals surface area contributed by atoms with E-state index in [0.717, 1.165) is 6.42 Å². The van der Waals surface area contributed by atoms with E-state index < -0.39 is 0 Å². The van der Waals surface area contributed by atoms with Crippen molar-refractivity contribution < 1.29 is 5.11 Å². The average molecular weight is 247 g/mol. The van der Waals surface area contributed by atoms with Gasteiger partial charge in [0.05, 0.1) is 0 Å². The first kappa shape index (κ1) is 13.4. The molecule has 0 spiro atoms. The Bertz CT molecular complexity index is 383. The van der Waals surface area contributed by atoms with E-state index in [1.54, 1.807) is 0 Å². The van der Waals surface area contributed by atoms with Crippen LogP contribution in [0.2, 0.25) is 0 Å².